The number of allylic oxidation sites excluding steroid dienone is 4. The number of carbonyl (C=O) groups excluding carboxylic acids is 2. The van der Waals surface area contributed by atoms with Gasteiger partial charge < -0.3 is 4.90 Å². The van der Waals surface area contributed by atoms with Crippen LogP contribution in [0.25, 0.3) is 21.9 Å². The topological polar surface area (TPSA) is 54.5 Å². The summed E-state index contributed by atoms with van der Waals surface area (Å²) in [4.78, 5) is 29.3. The summed E-state index contributed by atoms with van der Waals surface area (Å²) in [7, 11) is -1.66. The van der Waals surface area contributed by atoms with Crippen molar-refractivity contribution in [3.63, 3.8) is 0 Å². The molecule has 47 heavy (non-hydrogen) atoms. The van der Waals surface area contributed by atoms with Crippen molar-refractivity contribution in [3.8, 4) is 11.1 Å². The first-order valence-electron chi connectivity index (χ1n) is 15.9. The highest BCUT2D eigenvalue weighted by Crippen LogP contribution is 2.54. The van der Waals surface area contributed by atoms with Crippen LogP contribution in [0.3, 0.4) is 0 Å². The zero-order chi connectivity index (χ0) is 32.8. The Morgan fingerprint density at radius 2 is 1.36 bits per heavy atom. The van der Waals surface area contributed by atoms with Crippen molar-refractivity contribution in [1.29, 1.82) is 0 Å². The van der Waals surface area contributed by atoms with Crippen LogP contribution in [0.4, 0.5) is 11.4 Å². The Hall–Kier alpha value is -5.13. The molecule has 1 aliphatic carbocycles. The lowest BCUT2D eigenvalue weighted by atomic mass is 9.73. The van der Waals surface area contributed by atoms with Crippen molar-refractivity contribution >= 4 is 44.5 Å². The second-order valence-corrected chi connectivity index (χ2v) is 14.7. The maximum atomic E-state index is 14.7. The molecule has 0 bridgehead atoms. The largest absolute Gasteiger partial charge is 0.301 e. The lowest BCUT2D eigenvalue weighted by Gasteiger charge is -2.41. The van der Waals surface area contributed by atoms with E-state index in [2.05, 4.69) is 94.1 Å². The van der Waals surface area contributed by atoms with E-state index in [0.717, 1.165) is 38.8 Å². The average molecular weight is 632 g/mol. The van der Waals surface area contributed by atoms with Gasteiger partial charge in [-0.2, -0.15) is 0 Å². The summed E-state index contributed by atoms with van der Waals surface area (Å²) >= 11 is 0. The van der Waals surface area contributed by atoms with Crippen LogP contribution in [0.1, 0.15) is 56.8 Å². The van der Waals surface area contributed by atoms with Gasteiger partial charge in [0.2, 0.25) is 0 Å². The Morgan fingerprint density at radius 1 is 0.723 bits per heavy atom. The fraction of sp³-hybridized carbons (Fsp3) is 0.143. The highest BCUT2D eigenvalue weighted by molar-refractivity contribution is 7.93. The van der Waals surface area contributed by atoms with E-state index in [1.165, 1.54) is 22.3 Å². The van der Waals surface area contributed by atoms with Crippen LogP contribution < -0.4 is 4.90 Å². The maximum absolute atomic E-state index is 14.7. The first kappa shape index (κ1) is 29.3. The summed E-state index contributed by atoms with van der Waals surface area (Å²) in [6.45, 7) is 10.8. The molecule has 1 unspecified atom stereocenters. The van der Waals surface area contributed by atoms with Crippen molar-refractivity contribution in [2.24, 2.45) is 0 Å². The van der Waals surface area contributed by atoms with Crippen LogP contribution in [0, 0.1) is 20.8 Å². The average Bonchev–Trinajstić information content (AvgIpc) is 3.50. The molecule has 2 aliphatic heterocycles. The normalized spacial score (nSPS) is 18.0. The molecule has 0 aromatic heterocycles. The van der Waals surface area contributed by atoms with Gasteiger partial charge in [-0.1, -0.05) is 98.3 Å². The molecule has 230 valence electrons. The Morgan fingerprint density at radius 3 is 2.06 bits per heavy atom. The van der Waals surface area contributed by atoms with Gasteiger partial charge in [-0.3, -0.25) is 9.59 Å². The maximum Gasteiger partial charge on any atom is 0.197 e. The number of nitrogens with zero attached hydrogens (tertiary/aromatic N) is 1. The zero-order valence-electron chi connectivity index (χ0n) is 27.0. The summed E-state index contributed by atoms with van der Waals surface area (Å²) in [5, 5.41) is 2.79. The summed E-state index contributed by atoms with van der Waals surface area (Å²) < 4.78 is 14.7. The van der Waals surface area contributed by atoms with Gasteiger partial charge in [0.05, 0.1) is 16.9 Å². The Bertz CT molecular complexity index is 2310. The summed E-state index contributed by atoms with van der Waals surface area (Å²) in [5.74, 6) is -0.648. The third kappa shape index (κ3) is 4.30. The molecule has 0 fully saturated rings. The second-order valence-electron chi connectivity index (χ2n) is 13.3. The van der Waals surface area contributed by atoms with E-state index < -0.39 is 16.2 Å². The quantitative estimate of drug-likeness (QED) is 0.147. The molecule has 0 spiro atoms. The van der Waals surface area contributed by atoms with E-state index in [4.69, 9.17) is 0 Å². The van der Waals surface area contributed by atoms with E-state index in [0.29, 0.717) is 21.1 Å². The van der Waals surface area contributed by atoms with Crippen LogP contribution in [0.5, 0.6) is 0 Å². The van der Waals surface area contributed by atoms with E-state index in [9.17, 15) is 13.8 Å². The summed E-state index contributed by atoms with van der Waals surface area (Å²) in [5.41, 5.74) is 10.3. The van der Waals surface area contributed by atoms with Gasteiger partial charge in [0.15, 0.2) is 11.6 Å². The van der Waals surface area contributed by atoms with E-state index in [-0.39, 0.29) is 17.1 Å². The molecular formula is C42H33NO3S. The number of ketones is 2. The fourth-order valence-electron chi connectivity index (χ4n) is 7.68. The molecule has 5 aromatic rings. The minimum absolute atomic E-state index is 0.0604. The molecule has 2 heterocycles. The molecule has 0 amide bonds. The number of hydrogen-bond acceptors (Lipinski definition) is 4. The number of aryl methyl sites for hydroxylation is 3. The number of fused-ring (bicyclic) bond motifs is 3. The number of hydrogen-bond donors (Lipinski definition) is 0. The summed E-state index contributed by atoms with van der Waals surface area (Å²) in [6, 6.07) is 32.4. The van der Waals surface area contributed by atoms with E-state index in [1.54, 1.807) is 30.3 Å². The second kappa shape index (κ2) is 10.4. The van der Waals surface area contributed by atoms with Gasteiger partial charge in [0.25, 0.3) is 0 Å². The molecule has 8 rings (SSSR count). The molecular weight excluding hydrogens is 599 g/mol. The van der Waals surface area contributed by atoms with Gasteiger partial charge in [0, 0.05) is 26.8 Å². The third-order valence-corrected chi connectivity index (χ3v) is 11.3. The first-order valence-corrected chi connectivity index (χ1v) is 17.0. The Labute approximate surface area is 277 Å². The molecule has 5 aromatic carbocycles. The first-order chi connectivity index (χ1) is 22.6. The van der Waals surface area contributed by atoms with Crippen molar-refractivity contribution in [1.82, 2.24) is 0 Å². The number of benzene rings is 5. The number of rotatable bonds is 3. The van der Waals surface area contributed by atoms with E-state index >= 15 is 0 Å². The lowest BCUT2D eigenvalue weighted by molar-refractivity contribution is 0.0988. The van der Waals surface area contributed by atoms with Crippen LogP contribution in [0.2, 0.25) is 0 Å². The summed E-state index contributed by atoms with van der Waals surface area (Å²) in [6.07, 6.45) is 3.50. The van der Waals surface area contributed by atoms with Gasteiger partial charge in [-0.25, -0.2) is 4.21 Å². The minimum atomic E-state index is -1.66. The lowest BCUT2D eigenvalue weighted by Crippen LogP contribution is -2.33. The highest BCUT2D eigenvalue weighted by Gasteiger charge is 2.45. The molecule has 0 saturated heterocycles. The van der Waals surface area contributed by atoms with Gasteiger partial charge >= 0.3 is 0 Å². The van der Waals surface area contributed by atoms with Crippen LogP contribution >= 0.6 is 0 Å². The molecule has 0 saturated carbocycles. The molecule has 3 aliphatic rings. The smallest absolute Gasteiger partial charge is 0.197 e. The van der Waals surface area contributed by atoms with Crippen LogP contribution in [-0.4, -0.2) is 15.8 Å². The predicted octanol–water partition coefficient (Wildman–Crippen LogP) is 9.72. The van der Waals surface area contributed by atoms with Crippen molar-refractivity contribution in [3.05, 3.63) is 164 Å². The van der Waals surface area contributed by atoms with E-state index in [1.807, 2.05) is 24.3 Å². The predicted molar refractivity (Wildman–Crippen MR) is 192 cm³/mol. The van der Waals surface area contributed by atoms with Gasteiger partial charge in [-0.15, -0.1) is 0 Å². The minimum Gasteiger partial charge on any atom is -0.301 e. The monoisotopic (exact) mass is 631 g/mol. The van der Waals surface area contributed by atoms with Crippen molar-refractivity contribution < 1.29 is 13.8 Å². The van der Waals surface area contributed by atoms with Gasteiger partial charge in [-0.05, 0) is 89.9 Å². The SMILES string of the molecule is Cc1cc(C)c(-c2ccc3c(c2)C(C)(C)C2=C(N3c3cccc4ccccc34)S(=O)C(C=C3C(=O)c4ccccc4C3=O)=C2)c(C)c1. The molecule has 0 N–H and O–H groups in total. The van der Waals surface area contributed by atoms with Gasteiger partial charge in [0.1, 0.15) is 15.8 Å². The Balaban J connectivity index is 1.35. The number of Topliss-reactive ketones (excluding diaryl/α,β-unsaturated/α-hetero) is 2. The standard InChI is InChI=1S/C42H33NO3S/c1-24-19-25(2)38(26(3)20-24)28-17-18-37-34(21-28)42(4,5)35-23-29(22-33-39(44)31-14-8-9-15-32(31)40(33)45)47(46)41(35)43(37)36-16-10-12-27-11-6-7-13-30(27)36/h6-23H,1-5H3. The molecule has 0 radical (unpaired) electrons. The van der Waals surface area contributed by atoms with Crippen molar-refractivity contribution in [2.75, 3.05) is 4.90 Å². The molecule has 4 nitrogen and oxygen atoms in total. The molecule has 1 atom stereocenters. The van der Waals surface area contributed by atoms with Crippen LogP contribution in [0.15, 0.2) is 130 Å². The third-order valence-electron chi connectivity index (χ3n) is 9.86. The van der Waals surface area contributed by atoms with Crippen LogP contribution in [-0.2, 0) is 16.2 Å². The molecule has 5 heteroatoms. The highest BCUT2D eigenvalue weighted by atomic mass is 32.2. The zero-order valence-corrected chi connectivity index (χ0v) is 27.8. The Kier molecular flexibility index (Phi) is 6.51. The van der Waals surface area contributed by atoms with Crippen molar-refractivity contribution in [2.45, 2.75) is 40.0 Å². The number of anilines is 2. The fourth-order valence-corrected chi connectivity index (χ4v) is 9.23. The number of carbonyl (C=O) groups is 2.